The van der Waals surface area contributed by atoms with E-state index >= 15 is 0 Å². The molecule has 0 bridgehead atoms. The zero-order valence-corrected chi connectivity index (χ0v) is 10.9. The predicted molar refractivity (Wildman–Crippen MR) is 72.2 cm³/mol. The Balaban J connectivity index is 2.08. The van der Waals surface area contributed by atoms with Crippen LogP contribution in [0.5, 0.6) is 0 Å². The normalized spacial score (nSPS) is 10.0. The molecule has 0 fully saturated rings. The molecular weight excluding hydrogens is 241 g/mol. The standard InChI is InChI=1S/C15H14FN3/c1-10-5-12(6-11(2)15(10)16)8-18-14-4-3-13(7-17)19-9-14/h3-6,9,18H,8H2,1-2H3. The summed E-state index contributed by atoms with van der Waals surface area (Å²) in [6.45, 7) is 4.11. The first-order chi connectivity index (χ1) is 9.10. The molecule has 3 nitrogen and oxygen atoms in total. The fourth-order valence-corrected chi connectivity index (χ4v) is 1.91. The van der Waals surface area contributed by atoms with E-state index in [1.54, 1.807) is 32.2 Å². The summed E-state index contributed by atoms with van der Waals surface area (Å²) < 4.78 is 13.5. The molecule has 0 amide bonds. The van der Waals surface area contributed by atoms with Crippen LogP contribution in [0.25, 0.3) is 0 Å². The highest BCUT2D eigenvalue weighted by atomic mass is 19.1. The third kappa shape index (κ3) is 3.08. The Bertz CT molecular complexity index is 604. The fourth-order valence-electron chi connectivity index (χ4n) is 1.91. The van der Waals surface area contributed by atoms with Gasteiger partial charge in [-0.25, -0.2) is 9.37 Å². The van der Waals surface area contributed by atoms with E-state index in [1.165, 1.54) is 0 Å². The molecule has 0 aliphatic rings. The van der Waals surface area contributed by atoms with Crippen LogP contribution in [0.1, 0.15) is 22.4 Å². The highest BCUT2D eigenvalue weighted by Gasteiger charge is 2.04. The number of rotatable bonds is 3. The molecule has 0 saturated heterocycles. The van der Waals surface area contributed by atoms with Crippen LogP contribution in [0.4, 0.5) is 10.1 Å². The minimum atomic E-state index is -0.149. The molecule has 0 atom stereocenters. The second kappa shape index (κ2) is 5.49. The summed E-state index contributed by atoms with van der Waals surface area (Å²) in [5.74, 6) is -0.149. The van der Waals surface area contributed by atoms with E-state index in [0.717, 1.165) is 11.3 Å². The first-order valence-corrected chi connectivity index (χ1v) is 5.96. The van der Waals surface area contributed by atoms with E-state index in [4.69, 9.17) is 5.26 Å². The van der Waals surface area contributed by atoms with Gasteiger partial charge < -0.3 is 5.32 Å². The summed E-state index contributed by atoms with van der Waals surface area (Å²) in [4.78, 5) is 3.98. The minimum Gasteiger partial charge on any atom is -0.380 e. The van der Waals surface area contributed by atoms with Crippen LogP contribution in [0.3, 0.4) is 0 Å². The Labute approximate surface area is 111 Å². The molecule has 2 rings (SSSR count). The van der Waals surface area contributed by atoms with Crippen LogP contribution in [-0.2, 0) is 6.54 Å². The summed E-state index contributed by atoms with van der Waals surface area (Å²) in [5.41, 5.74) is 3.53. The Kier molecular flexibility index (Phi) is 3.76. The number of pyridine rings is 1. The number of hydrogen-bond acceptors (Lipinski definition) is 3. The second-order valence-electron chi connectivity index (χ2n) is 4.44. The molecule has 19 heavy (non-hydrogen) atoms. The number of aromatic nitrogens is 1. The smallest absolute Gasteiger partial charge is 0.140 e. The molecule has 0 spiro atoms. The van der Waals surface area contributed by atoms with Crippen molar-refractivity contribution < 1.29 is 4.39 Å². The van der Waals surface area contributed by atoms with Crippen molar-refractivity contribution >= 4 is 5.69 Å². The highest BCUT2D eigenvalue weighted by Crippen LogP contribution is 2.16. The predicted octanol–water partition coefficient (Wildman–Crippen LogP) is 3.32. The van der Waals surface area contributed by atoms with Crippen LogP contribution in [0.15, 0.2) is 30.5 Å². The third-order valence-electron chi connectivity index (χ3n) is 2.87. The van der Waals surface area contributed by atoms with Gasteiger partial charge in [-0.3, -0.25) is 0 Å². The summed E-state index contributed by atoms with van der Waals surface area (Å²) in [6.07, 6.45) is 1.61. The van der Waals surface area contributed by atoms with Crippen molar-refractivity contribution in [1.29, 1.82) is 5.26 Å². The Hall–Kier alpha value is -2.41. The van der Waals surface area contributed by atoms with Gasteiger partial charge in [-0.1, -0.05) is 12.1 Å². The number of nitrogens with zero attached hydrogens (tertiary/aromatic N) is 2. The van der Waals surface area contributed by atoms with Gasteiger partial charge >= 0.3 is 0 Å². The fraction of sp³-hybridized carbons (Fsp3) is 0.200. The van der Waals surface area contributed by atoms with Crippen molar-refractivity contribution in [2.24, 2.45) is 0 Å². The van der Waals surface area contributed by atoms with Crippen molar-refractivity contribution in [2.75, 3.05) is 5.32 Å². The minimum absolute atomic E-state index is 0.149. The van der Waals surface area contributed by atoms with Crippen molar-refractivity contribution in [3.63, 3.8) is 0 Å². The average molecular weight is 255 g/mol. The Morgan fingerprint density at radius 3 is 2.47 bits per heavy atom. The second-order valence-corrected chi connectivity index (χ2v) is 4.44. The zero-order valence-electron chi connectivity index (χ0n) is 10.9. The topological polar surface area (TPSA) is 48.7 Å². The molecule has 1 N–H and O–H groups in total. The van der Waals surface area contributed by atoms with E-state index in [-0.39, 0.29) is 5.82 Å². The molecule has 2 aromatic rings. The molecule has 0 aliphatic carbocycles. The van der Waals surface area contributed by atoms with Gasteiger partial charge in [0.2, 0.25) is 0 Å². The number of nitrogens with one attached hydrogen (secondary N) is 1. The van der Waals surface area contributed by atoms with E-state index in [1.807, 2.05) is 18.2 Å². The van der Waals surface area contributed by atoms with Crippen LogP contribution in [0.2, 0.25) is 0 Å². The van der Waals surface area contributed by atoms with Crippen molar-refractivity contribution in [1.82, 2.24) is 4.98 Å². The lowest BCUT2D eigenvalue weighted by Crippen LogP contribution is -2.02. The molecular formula is C15H14FN3. The van der Waals surface area contributed by atoms with Crippen molar-refractivity contribution in [3.05, 3.63) is 58.7 Å². The van der Waals surface area contributed by atoms with E-state index < -0.39 is 0 Å². The van der Waals surface area contributed by atoms with Crippen molar-refractivity contribution in [3.8, 4) is 6.07 Å². The highest BCUT2D eigenvalue weighted by molar-refractivity contribution is 5.44. The molecule has 0 radical (unpaired) electrons. The lowest BCUT2D eigenvalue weighted by molar-refractivity contribution is 0.608. The largest absolute Gasteiger partial charge is 0.380 e. The Morgan fingerprint density at radius 2 is 1.95 bits per heavy atom. The van der Waals surface area contributed by atoms with Crippen LogP contribution in [0, 0.1) is 31.0 Å². The van der Waals surface area contributed by atoms with Gasteiger partial charge in [-0.05, 0) is 42.7 Å². The zero-order chi connectivity index (χ0) is 13.8. The molecule has 0 saturated carbocycles. The van der Waals surface area contributed by atoms with Gasteiger partial charge in [-0.15, -0.1) is 0 Å². The van der Waals surface area contributed by atoms with Crippen LogP contribution in [-0.4, -0.2) is 4.98 Å². The van der Waals surface area contributed by atoms with E-state index in [9.17, 15) is 4.39 Å². The molecule has 1 aromatic heterocycles. The monoisotopic (exact) mass is 255 g/mol. The molecule has 1 heterocycles. The number of halogens is 1. The van der Waals surface area contributed by atoms with Gasteiger partial charge in [-0.2, -0.15) is 5.26 Å². The van der Waals surface area contributed by atoms with E-state index in [2.05, 4.69) is 10.3 Å². The average Bonchev–Trinajstić information content (AvgIpc) is 2.43. The van der Waals surface area contributed by atoms with Crippen LogP contribution >= 0.6 is 0 Å². The SMILES string of the molecule is Cc1cc(CNc2ccc(C#N)nc2)cc(C)c1F. The first kappa shape index (κ1) is 13.0. The van der Waals surface area contributed by atoms with Gasteiger partial charge in [0.05, 0.1) is 11.9 Å². The lowest BCUT2D eigenvalue weighted by Gasteiger charge is -2.09. The van der Waals surface area contributed by atoms with Gasteiger partial charge in [0, 0.05) is 6.54 Å². The number of nitriles is 1. The number of aryl methyl sites for hydroxylation is 2. The van der Waals surface area contributed by atoms with Gasteiger partial charge in [0.25, 0.3) is 0 Å². The molecule has 0 aliphatic heterocycles. The van der Waals surface area contributed by atoms with Gasteiger partial charge in [0.15, 0.2) is 0 Å². The van der Waals surface area contributed by atoms with Gasteiger partial charge in [0.1, 0.15) is 17.6 Å². The number of hydrogen-bond donors (Lipinski definition) is 1. The molecule has 4 heteroatoms. The summed E-state index contributed by atoms with van der Waals surface area (Å²) in [6, 6.07) is 9.08. The van der Waals surface area contributed by atoms with Crippen molar-refractivity contribution in [2.45, 2.75) is 20.4 Å². The maximum absolute atomic E-state index is 13.5. The number of anilines is 1. The molecule has 0 unspecified atom stereocenters. The summed E-state index contributed by atoms with van der Waals surface area (Å²) >= 11 is 0. The quantitative estimate of drug-likeness (QED) is 0.915. The van der Waals surface area contributed by atoms with E-state index in [0.29, 0.717) is 23.4 Å². The maximum Gasteiger partial charge on any atom is 0.140 e. The Morgan fingerprint density at radius 1 is 1.26 bits per heavy atom. The number of benzene rings is 1. The molecule has 1 aromatic carbocycles. The summed E-state index contributed by atoms with van der Waals surface area (Å²) in [5, 5.41) is 11.8. The first-order valence-electron chi connectivity index (χ1n) is 5.96. The molecule has 96 valence electrons. The lowest BCUT2D eigenvalue weighted by atomic mass is 10.1. The van der Waals surface area contributed by atoms with Crippen LogP contribution < -0.4 is 5.32 Å². The maximum atomic E-state index is 13.5. The summed E-state index contributed by atoms with van der Waals surface area (Å²) in [7, 11) is 0. The third-order valence-corrected chi connectivity index (χ3v) is 2.87.